The zero-order valence-electron chi connectivity index (χ0n) is 18.7. The summed E-state index contributed by atoms with van der Waals surface area (Å²) in [5.74, 6) is -1.90. The van der Waals surface area contributed by atoms with Gasteiger partial charge >= 0.3 is 0 Å². The SMILES string of the molecule is C=CC(=O)N1CCN(c2ncnc3c(F)c(-c4c(O)cccc4F)c(Cl)c(OCC)c23)C[C@H]1C. The van der Waals surface area contributed by atoms with Crippen molar-refractivity contribution in [1.29, 1.82) is 0 Å². The van der Waals surface area contributed by atoms with Gasteiger partial charge in [0.2, 0.25) is 5.91 Å². The molecule has 0 aliphatic carbocycles. The number of nitrogens with zero attached hydrogens (tertiary/aromatic N) is 4. The number of aromatic nitrogens is 2. The molecule has 7 nitrogen and oxygen atoms in total. The summed E-state index contributed by atoms with van der Waals surface area (Å²) in [5.41, 5.74) is -0.835. The van der Waals surface area contributed by atoms with E-state index in [0.717, 1.165) is 6.07 Å². The van der Waals surface area contributed by atoms with Crippen LogP contribution in [0.25, 0.3) is 22.0 Å². The lowest BCUT2D eigenvalue weighted by atomic mass is 9.99. The summed E-state index contributed by atoms with van der Waals surface area (Å²) in [6.45, 7) is 8.63. The highest BCUT2D eigenvalue weighted by atomic mass is 35.5. The molecule has 1 atom stereocenters. The Balaban J connectivity index is 1.92. The molecule has 10 heteroatoms. The number of anilines is 1. The maximum Gasteiger partial charge on any atom is 0.246 e. The minimum atomic E-state index is -0.902. The lowest BCUT2D eigenvalue weighted by Gasteiger charge is -2.40. The lowest BCUT2D eigenvalue weighted by molar-refractivity contribution is -0.128. The van der Waals surface area contributed by atoms with Gasteiger partial charge < -0.3 is 19.6 Å². The predicted octanol–water partition coefficient (Wildman–Crippen LogP) is 4.56. The number of phenolic OH excluding ortho intramolecular Hbond substituents is 1. The van der Waals surface area contributed by atoms with Crippen molar-refractivity contribution in [2.24, 2.45) is 0 Å². The van der Waals surface area contributed by atoms with E-state index in [9.17, 15) is 14.3 Å². The average molecular weight is 489 g/mol. The van der Waals surface area contributed by atoms with Crippen LogP contribution in [0.15, 0.2) is 37.2 Å². The van der Waals surface area contributed by atoms with Crippen molar-refractivity contribution in [2.45, 2.75) is 19.9 Å². The molecule has 178 valence electrons. The number of hydrogen-bond donors (Lipinski definition) is 1. The predicted molar refractivity (Wildman–Crippen MR) is 126 cm³/mol. The first kappa shape index (κ1) is 23.7. The average Bonchev–Trinajstić information content (AvgIpc) is 2.82. The number of amides is 1. The molecule has 1 fully saturated rings. The Morgan fingerprint density at radius 2 is 2.09 bits per heavy atom. The Morgan fingerprint density at radius 3 is 2.74 bits per heavy atom. The molecule has 0 radical (unpaired) electrons. The fraction of sp³-hybridized carbons (Fsp3) is 0.292. The van der Waals surface area contributed by atoms with Gasteiger partial charge in [-0.15, -0.1) is 0 Å². The smallest absolute Gasteiger partial charge is 0.246 e. The number of carbonyl (C=O) groups is 1. The summed E-state index contributed by atoms with van der Waals surface area (Å²) in [5, 5.41) is 10.3. The van der Waals surface area contributed by atoms with E-state index < -0.39 is 17.4 Å². The minimum absolute atomic E-state index is 0.0890. The highest BCUT2D eigenvalue weighted by molar-refractivity contribution is 6.36. The molecule has 34 heavy (non-hydrogen) atoms. The summed E-state index contributed by atoms with van der Waals surface area (Å²) >= 11 is 6.59. The molecule has 3 aromatic rings. The highest BCUT2D eigenvalue weighted by Gasteiger charge is 2.32. The summed E-state index contributed by atoms with van der Waals surface area (Å²) in [4.78, 5) is 24.2. The lowest BCUT2D eigenvalue weighted by Crippen LogP contribution is -2.54. The van der Waals surface area contributed by atoms with E-state index in [1.54, 1.807) is 11.8 Å². The molecule has 1 amide bonds. The minimum Gasteiger partial charge on any atom is -0.507 e. The van der Waals surface area contributed by atoms with E-state index in [1.807, 2.05) is 11.8 Å². The first-order valence-corrected chi connectivity index (χ1v) is 11.1. The number of benzene rings is 2. The van der Waals surface area contributed by atoms with Gasteiger partial charge in [-0.3, -0.25) is 4.79 Å². The number of rotatable bonds is 5. The van der Waals surface area contributed by atoms with Gasteiger partial charge in [0.25, 0.3) is 0 Å². The van der Waals surface area contributed by atoms with E-state index in [0.29, 0.717) is 25.5 Å². The third-order valence-electron chi connectivity index (χ3n) is 5.82. The zero-order chi connectivity index (χ0) is 24.6. The molecule has 1 aromatic heterocycles. The van der Waals surface area contributed by atoms with Gasteiger partial charge in [0.15, 0.2) is 11.6 Å². The van der Waals surface area contributed by atoms with Crippen LogP contribution in [-0.2, 0) is 4.79 Å². The number of piperazine rings is 1. The third-order valence-corrected chi connectivity index (χ3v) is 6.18. The zero-order valence-corrected chi connectivity index (χ0v) is 19.4. The Kier molecular flexibility index (Phi) is 6.56. The standard InChI is InChI=1S/C24H23ClF2N4O3/c1-4-16(33)31-10-9-30(11-13(31)3)24-19-22(28-12-29-24)21(27)18(20(25)23(19)34-5-2)17-14(26)7-6-8-15(17)32/h4,6-8,12-13,32H,1,5,9-11H2,2-3H3/t13-/m1/s1. The number of carbonyl (C=O) groups excluding carboxylic acids is 1. The van der Waals surface area contributed by atoms with Crippen LogP contribution in [0.2, 0.25) is 5.02 Å². The molecule has 2 heterocycles. The summed E-state index contributed by atoms with van der Waals surface area (Å²) in [6.07, 6.45) is 2.48. The van der Waals surface area contributed by atoms with Gasteiger partial charge in [-0.05, 0) is 32.1 Å². The van der Waals surface area contributed by atoms with Gasteiger partial charge in [-0.2, -0.15) is 0 Å². The van der Waals surface area contributed by atoms with Crippen molar-refractivity contribution in [1.82, 2.24) is 14.9 Å². The summed E-state index contributed by atoms with van der Waals surface area (Å²) < 4.78 is 36.3. The van der Waals surface area contributed by atoms with Crippen LogP contribution in [0.3, 0.4) is 0 Å². The van der Waals surface area contributed by atoms with Crippen LogP contribution in [0.1, 0.15) is 13.8 Å². The largest absolute Gasteiger partial charge is 0.507 e. The van der Waals surface area contributed by atoms with Crippen molar-refractivity contribution in [3.8, 4) is 22.6 Å². The molecular weight excluding hydrogens is 466 g/mol. The van der Waals surface area contributed by atoms with Gasteiger partial charge in [-0.1, -0.05) is 24.2 Å². The van der Waals surface area contributed by atoms with Crippen molar-refractivity contribution in [3.05, 3.63) is 53.8 Å². The number of fused-ring (bicyclic) bond motifs is 1. The molecule has 1 saturated heterocycles. The maximum atomic E-state index is 15.8. The molecule has 1 aliphatic heterocycles. The van der Waals surface area contributed by atoms with Crippen molar-refractivity contribution in [3.63, 3.8) is 0 Å². The Bertz CT molecular complexity index is 1270. The molecule has 0 bridgehead atoms. The molecule has 2 aromatic carbocycles. The molecule has 1 aliphatic rings. The van der Waals surface area contributed by atoms with E-state index >= 15 is 4.39 Å². The van der Waals surface area contributed by atoms with E-state index in [4.69, 9.17) is 16.3 Å². The Morgan fingerprint density at radius 1 is 1.32 bits per heavy atom. The van der Waals surface area contributed by atoms with Crippen LogP contribution < -0.4 is 9.64 Å². The quantitative estimate of drug-likeness (QED) is 0.531. The van der Waals surface area contributed by atoms with Gasteiger partial charge in [0.05, 0.1) is 22.6 Å². The molecular formula is C24H23ClF2N4O3. The molecule has 0 unspecified atom stereocenters. The van der Waals surface area contributed by atoms with Crippen LogP contribution >= 0.6 is 11.6 Å². The normalized spacial score (nSPS) is 16.1. The second kappa shape index (κ2) is 9.42. The van der Waals surface area contributed by atoms with Gasteiger partial charge in [-0.25, -0.2) is 18.7 Å². The first-order valence-electron chi connectivity index (χ1n) is 10.7. The number of ether oxygens (including phenoxy) is 1. The number of phenols is 1. The van der Waals surface area contributed by atoms with Crippen LogP contribution in [0, 0.1) is 11.6 Å². The van der Waals surface area contributed by atoms with Crippen molar-refractivity contribution < 1.29 is 23.4 Å². The number of aromatic hydroxyl groups is 1. The number of hydrogen-bond acceptors (Lipinski definition) is 6. The molecule has 0 spiro atoms. The van der Waals surface area contributed by atoms with E-state index in [-0.39, 0.29) is 51.4 Å². The topological polar surface area (TPSA) is 78.8 Å². The summed E-state index contributed by atoms with van der Waals surface area (Å²) in [7, 11) is 0. The molecule has 4 rings (SSSR count). The third kappa shape index (κ3) is 3.90. The summed E-state index contributed by atoms with van der Waals surface area (Å²) in [6, 6.07) is 3.50. The van der Waals surface area contributed by atoms with E-state index in [2.05, 4.69) is 16.5 Å². The Labute approximate surface area is 200 Å². The highest BCUT2D eigenvalue weighted by Crippen LogP contribution is 2.48. The van der Waals surface area contributed by atoms with Crippen molar-refractivity contribution >= 4 is 34.2 Å². The van der Waals surface area contributed by atoms with Crippen molar-refractivity contribution in [2.75, 3.05) is 31.1 Å². The van der Waals surface area contributed by atoms with Crippen LogP contribution in [0.4, 0.5) is 14.6 Å². The van der Waals surface area contributed by atoms with Crippen LogP contribution in [-0.4, -0.2) is 58.2 Å². The van der Waals surface area contributed by atoms with Gasteiger partial charge in [0.1, 0.15) is 29.2 Å². The van der Waals surface area contributed by atoms with Crippen LogP contribution in [0.5, 0.6) is 11.5 Å². The fourth-order valence-corrected chi connectivity index (χ4v) is 4.61. The maximum absolute atomic E-state index is 15.8. The number of halogens is 3. The Hall–Kier alpha value is -3.46. The van der Waals surface area contributed by atoms with Gasteiger partial charge in [0, 0.05) is 31.2 Å². The first-order chi connectivity index (χ1) is 16.3. The molecule has 0 saturated carbocycles. The molecule has 1 N–H and O–H groups in total. The second-order valence-electron chi connectivity index (χ2n) is 7.85. The fourth-order valence-electron chi connectivity index (χ4n) is 4.28. The second-order valence-corrected chi connectivity index (χ2v) is 8.23. The monoisotopic (exact) mass is 488 g/mol. The van der Waals surface area contributed by atoms with E-state index in [1.165, 1.54) is 24.5 Å².